The van der Waals surface area contributed by atoms with Crippen LogP contribution in [0.3, 0.4) is 0 Å². The molecule has 0 saturated carbocycles. The fourth-order valence-electron chi connectivity index (χ4n) is 4.46. The smallest absolute Gasteiger partial charge is 0.409 e. The molecular weight excluding hydrogens is 450 g/mol. The van der Waals surface area contributed by atoms with Crippen molar-refractivity contribution in [2.45, 2.75) is 32.0 Å². The Morgan fingerprint density at radius 3 is 2.63 bits per heavy atom. The highest BCUT2D eigenvalue weighted by Crippen LogP contribution is 2.23. The lowest BCUT2D eigenvalue weighted by Crippen LogP contribution is -2.49. The van der Waals surface area contributed by atoms with E-state index in [-0.39, 0.29) is 30.5 Å². The summed E-state index contributed by atoms with van der Waals surface area (Å²) in [6.45, 7) is 5.26. The maximum atomic E-state index is 12.9. The van der Waals surface area contributed by atoms with Crippen LogP contribution >= 0.6 is 0 Å². The molecule has 1 aromatic carbocycles. The maximum Gasteiger partial charge on any atom is 0.409 e. The van der Waals surface area contributed by atoms with Crippen molar-refractivity contribution in [3.63, 3.8) is 0 Å². The summed E-state index contributed by atoms with van der Waals surface area (Å²) in [5.41, 5.74) is 2.77. The van der Waals surface area contributed by atoms with Gasteiger partial charge in [0.1, 0.15) is 11.4 Å². The van der Waals surface area contributed by atoms with Gasteiger partial charge in [-0.25, -0.2) is 4.79 Å². The van der Waals surface area contributed by atoms with E-state index in [1.165, 1.54) is 18.2 Å². The maximum absolute atomic E-state index is 12.9. The Labute approximate surface area is 205 Å². The average Bonchev–Trinajstić information content (AvgIpc) is 2.91. The molecule has 2 amide bonds. The molecule has 10 heteroatoms. The predicted octanol–water partition coefficient (Wildman–Crippen LogP) is 1.17. The molecule has 10 nitrogen and oxygen atoms in total. The zero-order chi connectivity index (χ0) is 24.8. The van der Waals surface area contributed by atoms with Crippen molar-refractivity contribution >= 4 is 17.8 Å². The summed E-state index contributed by atoms with van der Waals surface area (Å²) in [5, 5.41) is 16.9. The van der Waals surface area contributed by atoms with Crippen LogP contribution < -0.4 is 20.3 Å². The molecule has 2 aliphatic rings. The number of pyridine rings is 1. The van der Waals surface area contributed by atoms with E-state index in [0.29, 0.717) is 57.1 Å². The lowest BCUT2D eigenvalue weighted by atomic mass is 9.93. The standard InChI is InChI=1S/C25H33N5O5/c1-3-35-24-19(8-9-22(28-24)29-10-12-30(13-11-29)25(33)34-2)23(32)27-16-21(31)20-14-17-6-4-5-7-18(17)15-26-20/h4-9,20-21,26,31H,3,10-16H2,1-2H3,(H,27,32)/t20-,21?/m0/s1. The van der Waals surface area contributed by atoms with Gasteiger partial charge < -0.3 is 35.0 Å². The quantitative estimate of drug-likeness (QED) is 0.538. The number of nitrogens with zero attached hydrogens (tertiary/aromatic N) is 3. The molecule has 0 radical (unpaired) electrons. The number of benzene rings is 1. The SMILES string of the molecule is CCOc1nc(N2CCN(C(=O)OC)CC2)ccc1C(=O)NCC(O)[C@@H]1Cc2ccccc2CN1. The number of anilines is 1. The van der Waals surface area contributed by atoms with Gasteiger partial charge in [-0.05, 0) is 36.6 Å². The van der Waals surface area contributed by atoms with Crippen molar-refractivity contribution < 1.29 is 24.2 Å². The van der Waals surface area contributed by atoms with Crippen molar-refractivity contribution in [2.24, 2.45) is 0 Å². The molecule has 188 valence electrons. The van der Waals surface area contributed by atoms with Crippen LogP contribution in [0.1, 0.15) is 28.4 Å². The highest BCUT2D eigenvalue weighted by Gasteiger charge is 2.26. The number of fused-ring (bicyclic) bond motifs is 1. The molecular formula is C25H33N5O5. The van der Waals surface area contributed by atoms with Crippen molar-refractivity contribution in [2.75, 3.05) is 51.3 Å². The minimum Gasteiger partial charge on any atom is -0.477 e. The first-order chi connectivity index (χ1) is 17.0. The van der Waals surface area contributed by atoms with Crippen LogP contribution in [-0.2, 0) is 17.7 Å². The second-order valence-electron chi connectivity index (χ2n) is 8.64. The van der Waals surface area contributed by atoms with Gasteiger partial charge in [0.2, 0.25) is 5.88 Å². The number of hydrogen-bond donors (Lipinski definition) is 3. The largest absolute Gasteiger partial charge is 0.477 e. The molecule has 3 N–H and O–H groups in total. The Kier molecular flexibility index (Phi) is 8.04. The first-order valence-corrected chi connectivity index (χ1v) is 12.0. The van der Waals surface area contributed by atoms with Gasteiger partial charge >= 0.3 is 6.09 Å². The van der Waals surface area contributed by atoms with Gasteiger partial charge in [-0.3, -0.25) is 4.79 Å². The van der Waals surface area contributed by atoms with E-state index in [1.807, 2.05) is 24.0 Å². The van der Waals surface area contributed by atoms with Crippen LogP contribution in [0.25, 0.3) is 0 Å². The van der Waals surface area contributed by atoms with E-state index in [0.717, 1.165) is 0 Å². The summed E-state index contributed by atoms with van der Waals surface area (Å²) in [6.07, 6.45) is -0.368. The normalized spacial score (nSPS) is 18.4. The number of methoxy groups -OCH3 is 1. The molecule has 4 rings (SSSR count). The van der Waals surface area contributed by atoms with Crippen LogP contribution in [0, 0.1) is 0 Å². The number of nitrogens with one attached hydrogen (secondary N) is 2. The van der Waals surface area contributed by atoms with Gasteiger partial charge in [0, 0.05) is 45.3 Å². The molecule has 0 bridgehead atoms. The fourth-order valence-corrected chi connectivity index (χ4v) is 4.46. The minimum atomic E-state index is -0.735. The number of carbonyl (C=O) groups excluding carboxylic acids is 2. The molecule has 35 heavy (non-hydrogen) atoms. The molecule has 2 atom stereocenters. The number of hydrogen-bond acceptors (Lipinski definition) is 8. The van der Waals surface area contributed by atoms with Gasteiger partial charge in [-0.2, -0.15) is 4.98 Å². The van der Waals surface area contributed by atoms with Crippen molar-refractivity contribution in [1.82, 2.24) is 20.5 Å². The molecule has 1 saturated heterocycles. The Morgan fingerprint density at radius 2 is 1.91 bits per heavy atom. The van der Waals surface area contributed by atoms with Crippen LogP contribution in [0.4, 0.5) is 10.6 Å². The molecule has 0 spiro atoms. The first kappa shape index (κ1) is 24.7. The lowest BCUT2D eigenvalue weighted by Gasteiger charge is -2.34. The van der Waals surface area contributed by atoms with Crippen molar-refractivity contribution in [3.05, 3.63) is 53.1 Å². The number of ether oxygens (including phenoxy) is 2. The van der Waals surface area contributed by atoms with Gasteiger partial charge in [0.15, 0.2) is 0 Å². The zero-order valence-electron chi connectivity index (χ0n) is 20.2. The van der Waals surface area contributed by atoms with Gasteiger partial charge in [-0.15, -0.1) is 0 Å². The Morgan fingerprint density at radius 1 is 1.17 bits per heavy atom. The van der Waals surface area contributed by atoms with Crippen LogP contribution in [0.2, 0.25) is 0 Å². The molecule has 0 aliphatic carbocycles. The Bertz CT molecular complexity index is 1040. The van der Waals surface area contributed by atoms with E-state index in [9.17, 15) is 14.7 Å². The highest BCUT2D eigenvalue weighted by atomic mass is 16.5. The number of piperazine rings is 1. The molecule has 1 aromatic heterocycles. The van der Waals surface area contributed by atoms with Crippen LogP contribution in [0.5, 0.6) is 5.88 Å². The zero-order valence-corrected chi connectivity index (χ0v) is 20.2. The molecule has 2 aliphatic heterocycles. The summed E-state index contributed by atoms with van der Waals surface area (Å²) in [5.74, 6) is 0.579. The molecule has 1 unspecified atom stereocenters. The first-order valence-electron chi connectivity index (χ1n) is 12.0. The second-order valence-corrected chi connectivity index (χ2v) is 8.64. The Hall–Kier alpha value is -3.37. The third kappa shape index (κ3) is 5.83. The van der Waals surface area contributed by atoms with Crippen LogP contribution in [-0.4, -0.2) is 85.6 Å². The minimum absolute atomic E-state index is 0.113. The van der Waals surface area contributed by atoms with E-state index in [4.69, 9.17) is 9.47 Å². The molecule has 1 fully saturated rings. The van der Waals surface area contributed by atoms with Gasteiger partial charge in [0.25, 0.3) is 5.91 Å². The van der Waals surface area contributed by atoms with E-state index in [2.05, 4.69) is 27.8 Å². The third-order valence-corrected chi connectivity index (χ3v) is 6.46. The molecule has 3 heterocycles. The topological polar surface area (TPSA) is 116 Å². The highest BCUT2D eigenvalue weighted by molar-refractivity contribution is 5.96. The number of amides is 2. The predicted molar refractivity (Wildman–Crippen MR) is 131 cm³/mol. The lowest BCUT2D eigenvalue weighted by molar-refractivity contribution is 0.0865. The van der Waals surface area contributed by atoms with E-state index >= 15 is 0 Å². The summed E-state index contributed by atoms with van der Waals surface area (Å²) < 4.78 is 10.5. The summed E-state index contributed by atoms with van der Waals surface area (Å²) in [7, 11) is 1.37. The van der Waals surface area contributed by atoms with Crippen molar-refractivity contribution in [1.29, 1.82) is 0 Å². The van der Waals surface area contributed by atoms with Crippen molar-refractivity contribution in [3.8, 4) is 5.88 Å². The summed E-state index contributed by atoms with van der Waals surface area (Å²) in [4.78, 5) is 32.9. The number of aliphatic hydroxyl groups excluding tert-OH is 1. The fraction of sp³-hybridized carbons (Fsp3) is 0.480. The average molecular weight is 484 g/mol. The van der Waals surface area contributed by atoms with E-state index < -0.39 is 6.10 Å². The second kappa shape index (κ2) is 11.4. The number of aliphatic hydroxyl groups is 1. The number of aromatic nitrogens is 1. The summed E-state index contributed by atoms with van der Waals surface area (Å²) in [6, 6.07) is 11.5. The van der Waals surface area contributed by atoms with Gasteiger partial charge in [0.05, 0.1) is 19.8 Å². The monoisotopic (exact) mass is 483 g/mol. The van der Waals surface area contributed by atoms with Crippen LogP contribution in [0.15, 0.2) is 36.4 Å². The van der Waals surface area contributed by atoms with E-state index in [1.54, 1.807) is 17.0 Å². The summed E-state index contributed by atoms with van der Waals surface area (Å²) >= 11 is 0. The third-order valence-electron chi connectivity index (χ3n) is 6.46. The number of rotatable bonds is 7. The van der Waals surface area contributed by atoms with Gasteiger partial charge in [-0.1, -0.05) is 24.3 Å². The molecule has 2 aromatic rings. The Balaban J connectivity index is 1.36. The number of carbonyl (C=O) groups is 2.